The van der Waals surface area contributed by atoms with E-state index in [1.165, 1.54) is 0 Å². The van der Waals surface area contributed by atoms with E-state index in [2.05, 4.69) is 22.2 Å². The van der Waals surface area contributed by atoms with Gasteiger partial charge in [-0.15, -0.1) is 0 Å². The lowest BCUT2D eigenvalue weighted by Gasteiger charge is -2.08. The van der Waals surface area contributed by atoms with Crippen LogP contribution in [0.3, 0.4) is 0 Å². The van der Waals surface area contributed by atoms with Crippen LogP contribution in [0.5, 0.6) is 0 Å². The Morgan fingerprint density at radius 2 is 2.16 bits per heavy atom. The van der Waals surface area contributed by atoms with Crippen LogP contribution in [0.4, 0.5) is 5.69 Å². The Bertz CT molecular complexity index is 637. The van der Waals surface area contributed by atoms with Crippen LogP contribution in [0.2, 0.25) is 0 Å². The van der Waals surface area contributed by atoms with Crippen molar-refractivity contribution in [2.24, 2.45) is 0 Å². The van der Waals surface area contributed by atoms with Crippen LogP contribution in [0.15, 0.2) is 30.5 Å². The third-order valence-corrected chi connectivity index (χ3v) is 3.20. The summed E-state index contributed by atoms with van der Waals surface area (Å²) in [7, 11) is 0. The van der Waals surface area contributed by atoms with E-state index in [9.17, 15) is 4.79 Å². The Hall–Kier alpha value is -2.23. The first-order valence-electron chi connectivity index (χ1n) is 6.52. The predicted octanol–water partition coefficient (Wildman–Crippen LogP) is 2.59. The molecule has 0 saturated carbocycles. The molecule has 1 N–H and O–H groups in total. The molecular formula is C15H15N3O. The molecule has 2 aromatic rings. The smallest absolute Gasteiger partial charge is 0.228 e. The molecule has 96 valence electrons. The van der Waals surface area contributed by atoms with Crippen molar-refractivity contribution in [1.29, 1.82) is 0 Å². The number of carbonyl (C=O) groups is 1. The summed E-state index contributed by atoms with van der Waals surface area (Å²) in [5.41, 5.74) is 3.57. The maximum absolute atomic E-state index is 11.9. The lowest BCUT2D eigenvalue weighted by molar-refractivity contribution is -0.115. The van der Waals surface area contributed by atoms with Gasteiger partial charge in [-0.3, -0.25) is 4.79 Å². The molecule has 0 radical (unpaired) electrons. The van der Waals surface area contributed by atoms with E-state index in [0.717, 1.165) is 41.2 Å². The van der Waals surface area contributed by atoms with Crippen LogP contribution in [0.25, 0.3) is 11.3 Å². The maximum Gasteiger partial charge on any atom is 0.228 e. The van der Waals surface area contributed by atoms with Crippen molar-refractivity contribution >= 4 is 11.6 Å². The minimum atomic E-state index is -0.0157. The number of benzene rings is 1. The quantitative estimate of drug-likeness (QED) is 0.895. The van der Waals surface area contributed by atoms with Gasteiger partial charge in [-0.25, -0.2) is 9.97 Å². The second-order valence-electron chi connectivity index (χ2n) is 4.68. The molecule has 1 aliphatic heterocycles. The third kappa shape index (κ3) is 2.21. The third-order valence-electron chi connectivity index (χ3n) is 3.20. The fourth-order valence-corrected chi connectivity index (χ4v) is 2.32. The molecule has 0 spiro atoms. The number of amides is 1. The summed E-state index contributed by atoms with van der Waals surface area (Å²) in [5.74, 6) is 0.823. The minimum absolute atomic E-state index is 0.0157. The van der Waals surface area contributed by atoms with Crippen molar-refractivity contribution < 1.29 is 4.79 Å². The van der Waals surface area contributed by atoms with Crippen LogP contribution in [-0.4, -0.2) is 15.9 Å². The van der Waals surface area contributed by atoms with E-state index >= 15 is 0 Å². The zero-order valence-corrected chi connectivity index (χ0v) is 10.8. The average Bonchev–Trinajstić information content (AvgIpc) is 2.55. The van der Waals surface area contributed by atoms with E-state index in [1.54, 1.807) is 6.20 Å². The number of nitrogens with zero attached hydrogens (tertiary/aromatic N) is 2. The summed E-state index contributed by atoms with van der Waals surface area (Å²) >= 11 is 0. The zero-order valence-electron chi connectivity index (χ0n) is 10.8. The number of hydrogen-bond donors (Lipinski definition) is 1. The minimum Gasteiger partial charge on any atom is -0.325 e. The molecule has 1 aliphatic rings. The summed E-state index contributed by atoms with van der Waals surface area (Å²) in [6.07, 6.45) is 3.99. The van der Waals surface area contributed by atoms with E-state index in [-0.39, 0.29) is 5.91 Å². The van der Waals surface area contributed by atoms with Crippen LogP contribution in [-0.2, 0) is 17.6 Å². The Labute approximate surface area is 111 Å². The lowest BCUT2D eigenvalue weighted by atomic mass is 10.0. The van der Waals surface area contributed by atoms with E-state index in [0.29, 0.717) is 6.42 Å². The highest BCUT2D eigenvalue weighted by molar-refractivity contribution is 5.99. The molecule has 0 aliphatic carbocycles. The first-order chi connectivity index (χ1) is 9.28. The van der Waals surface area contributed by atoms with Gasteiger partial charge in [0.2, 0.25) is 5.91 Å². The van der Waals surface area contributed by atoms with Crippen LogP contribution in [0.1, 0.15) is 24.7 Å². The number of fused-ring (bicyclic) bond motifs is 3. The Balaban J connectivity index is 2.19. The summed E-state index contributed by atoms with van der Waals surface area (Å²) in [6, 6.07) is 7.77. The van der Waals surface area contributed by atoms with E-state index < -0.39 is 0 Å². The first-order valence-corrected chi connectivity index (χ1v) is 6.52. The van der Waals surface area contributed by atoms with E-state index in [4.69, 9.17) is 0 Å². The monoisotopic (exact) mass is 253 g/mol. The molecule has 1 amide bonds. The Kier molecular flexibility index (Phi) is 2.99. The van der Waals surface area contributed by atoms with Crippen molar-refractivity contribution in [2.75, 3.05) is 5.32 Å². The Morgan fingerprint density at radius 3 is 3.00 bits per heavy atom. The van der Waals surface area contributed by atoms with Crippen molar-refractivity contribution in [1.82, 2.24) is 9.97 Å². The summed E-state index contributed by atoms with van der Waals surface area (Å²) in [6.45, 7) is 2.11. The van der Waals surface area contributed by atoms with Crippen molar-refractivity contribution in [3.63, 3.8) is 0 Å². The summed E-state index contributed by atoms with van der Waals surface area (Å²) < 4.78 is 0. The van der Waals surface area contributed by atoms with Crippen LogP contribution in [0, 0.1) is 0 Å². The molecule has 3 rings (SSSR count). The first kappa shape index (κ1) is 11.8. The van der Waals surface area contributed by atoms with Gasteiger partial charge in [0, 0.05) is 23.7 Å². The molecule has 0 fully saturated rings. The normalized spacial score (nSPS) is 13.2. The van der Waals surface area contributed by atoms with E-state index in [1.807, 2.05) is 24.3 Å². The molecule has 0 bridgehead atoms. The van der Waals surface area contributed by atoms with Gasteiger partial charge in [-0.2, -0.15) is 0 Å². The highest BCUT2D eigenvalue weighted by Crippen LogP contribution is 2.31. The molecule has 1 aromatic carbocycles. The van der Waals surface area contributed by atoms with Gasteiger partial charge in [-0.05, 0) is 12.5 Å². The second-order valence-corrected chi connectivity index (χ2v) is 4.68. The highest BCUT2D eigenvalue weighted by atomic mass is 16.1. The van der Waals surface area contributed by atoms with Gasteiger partial charge in [0.25, 0.3) is 0 Å². The molecule has 0 unspecified atom stereocenters. The van der Waals surface area contributed by atoms with Gasteiger partial charge in [0.1, 0.15) is 5.82 Å². The largest absolute Gasteiger partial charge is 0.325 e. The summed E-state index contributed by atoms with van der Waals surface area (Å²) in [4.78, 5) is 20.8. The predicted molar refractivity (Wildman–Crippen MR) is 73.8 cm³/mol. The molecule has 1 aromatic heterocycles. The number of nitrogens with one attached hydrogen (secondary N) is 1. The average molecular weight is 253 g/mol. The number of aryl methyl sites for hydroxylation is 1. The fraction of sp³-hybridized carbons (Fsp3) is 0.267. The molecule has 0 atom stereocenters. The van der Waals surface area contributed by atoms with Gasteiger partial charge in [0.05, 0.1) is 17.8 Å². The number of carbonyl (C=O) groups excluding carboxylic acids is 1. The summed E-state index contributed by atoms with van der Waals surface area (Å²) in [5, 5.41) is 2.91. The van der Waals surface area contributed by atoms with Crippen LogP contribution >= 0.6 is 0 Å². The molecule has 4 nitrogen and oxygen atoms in total. The van der Waals surface area contributed by atoms with Gasteiger partial charge >= 0.3 is 0 Å². The van der Waals surface area contributed by atoms with Gasteiger partial charge < -0.3 is 5.32 Å². The lowest BCUT2D eigenvalue weighted by Crippen LogP contribution is -2.12. The molecule has 2 heterocycles. The molecule has 4 heteroatoms. The van der Waals surface area contributed by atoms with Crippen molar-refractivity contribution in [3.8, 4) is 11.3 Å². The van der Waals surface area contributed by atoms with Crippen molar-refractivity contribution in [3.05, 3.63) is 41.9 Å². The molecule has 19 heavy (non-hydrogen) atoms. The second kappa shape index (κ2) is 4.80. The highest BCUT2D eigenvalue weighted by Gasteiger charge is 2.20. The Morgan fingerprint density at radius 1 is 1.32 bits per heavy atom. The number of anilines is 1. The standard InChI is InChI=1S/C15H15N3O/c1-2-5-13-16-9-10-8-14(19)17-12-7-4-3-6-11(12)15(10)18-13/h3-4,6-7,9H,2,5,8H2,1H3,(H,17,19). The molecule has 0 saturated heterocycles. The maximum atomic E-state index is 11.9. The topological polar surface area (TPSA) is 54.9 Å². The van der Waals surface area contributed by atoms with Crippen LogP contribution < -0.4 is 5.32 Å². The SMILES string of the molecule is CCCc1ncc2c(n1)-c1ccccc1NC(=O)C2. The van der Waals surface area contributed by atoms with Crippen molar-refractivity contribution in [2.45, 2.75) is 26.2 Å². The molecular weight excluding hydrogens is 238 g/mol. The number of hydrogen-bond acceptors (Lipinski definition) is 3. The van der Waals surface area contributed by atoms with Gasteiger partial charge in [0.15, 0.2) is 0 Å². The zero-order chi connectivity index (χ0) is 13.2. The van der Waals surface area contributed by atoms with Gasteiger partial charge in [-0.1, -0.05) is 25.1 Å². The number of para-hydroxylation sites is 1. The fourth-order valence-electron chi connectivity index (χ4n) is 2.32. The number of rotatable bonds is 2. The number of aromatic nitrogens is 2.